The topological polar surface area (TPSA) is 46.0 Å². The first-order valence-corrected chi connectivity index (χ1v) is 8.24. The van der Waals surface area contributed by atoms with Gasteiger partial charge in [-0.2, -0.15) is 0 Å². The van der Waals surface area contributed by atoms with Gasteiger partial charge in [0.05, 0.1) is 17.4 Å². The Morgan fingerprint density at radius 1 is 1.24 bits per heavy atom. The maximum absolute atomic E-state index is 4.26. The van der Waals surface area contributed by atoms with E-state index < -0.39 is 0 Å². The lowest BCUT2D eigenvalue weighted by atomic mass is 10.0. The van der Waals surface area contributed by atoms with Gasteiger partial charge in [0.15, 0.2) is 0 Å². The fourth-order valence-electron chi connectivity index (χ4n) is 2.92. The molecule has 1 aromatic rings. The van der Waals surface area contributed by atoms with E-state index in [2.05, 4.69) is 55.1 Å². The van der Waals surface area contributed by atoms with Crippen molar-refractivity contribution in [2.75, 3.05) is 19.6 Å². The lowest BCUT2D eigenvalue weighted by molar-refractivity contribution is 0.186. The molecule has 0 radical (unpaired) electrons. The highest BCUT2D eigenvalue weighted by Crippen LogP contribution is 2.17. The van der Waals surface area contributed by atoms with Crippen LogP contribution in [0.5, 0.6) is 0 Å². The molecule has 1 aliphatic heterocycles. The number of aromatic nitrogens is 3. The van der Waals surface area contributed by atoms with Crippen molar-refractivity contribution in [3.63, 3.8) is 0 Å². The van der Waals surface area contributed by atoms with Crippen LogP contribution in [0.25, 0.3) is 0 Å². The first-order valence-electron chi connectivity index (χ1n) is 8.24. The van der Waals surface area contributed by atoms with Gasteiger partial charge < -0.3 is 5.32 Å². The summed E-state index contributed by atoms with van der Waals surface area (Å²) in [6, 6.07) is 0.630. The molecule has 5 nitrogen and oxygen atoms in total. The molecule has 1 fully saturated rings. The largest absolute Gasteiger partial charge is 0.309 e. The Hall–Kier alpha value is -0.940. The predicted molar refractivity (Wildman–Crippen MR) is 86.2 cm³/mol. The fraction of sp³-hybridized carbons (Fsp3) is 0.875. The molecule has 1 aromatic heterocycles. The summed E-state index contributed by atoms with van der Waals surface area (Å²) in [5.74, 6) is 0.681. The van der Waals surface area contributed by atoms with Gasteiger partial charge in [-0.1, -0.05) is 19.1 Å². The van der Waals surface area contributed by atoms with Crippen LogP contribution in [-0.2, 0) is 12.1 Å². The normalized spacial score (nSPS) is 18.6. The average Bonchev–Trinajstić information content (AvgIpc) is 3.04. The molecule has 1 aliphatic rings. The van der Waals surface area contributed by atoms with Crippen LogP contribution in [0.2, 0.25) is 0 Å². The van der Waals surface area contributed by atoms with Crippen molar-refractivity contribution in [3.8, 4) is 0 Å². The average molecular weight is 293 g/mol. The summed E-state index contributed by atoms with van der Waals surface area (Å²) in [5, 5.41) is 12.0. The van der Waals surface area contributed by atoms with Gasteiger partial charge in [-0.25, -0.2) is 4.68 Å². The fourth-order valence-corrected chi connectivity index (χ4v) is 2.92. The zero-order valence-electron chi connectivity index (χ0n) is 14.3. The minimum absolute atomic E-state index is 0.00126. The van der Waals surface area contributed by atoms with Crippen LogP contribution in [0.3, 0.4) is 0 Å². The number of nitrogens with zero attached hydrogens (tertiary/aromatic N) is 4. The Kier molecular flexibility index (Phi) is 5.38. The van der Waals surface area contributed by atoms with Gasteiger partial charge in [0.2, 0.25) is 0 Å². The first-order chi connectivity index (χ1) is 9.88. The van der Waals surface area contributed by atoms with E-state index in [9.17, 15) is 0 Å². The van der Waals surface area contributed by atoms with E-state index in [1.54, 1.807) is 0 Å². The maximum atomic E-state index is 4.26. The monoisotopic (exact) mass is 293 g/mol. The molecule has 1 unspecified atom stereocenters. The quantitative estimate of drug-likeness (QED) is 0.874. The molecule has 21 heavy (non-hydrogen) atoms. The second-order valence-corrected chi connectivity index (χ2v) is 7.51. The van der Waals surface area contributed by atoms with Crippen molar-refractivity contribution < 1.29 is 0 Å². The van der Waals surface area contributed by atoms with Gasteiger partial charge in [-0.05, 0) is 52.6 Å². The molecule has 120 valence electrons. The molecule has 0 aliphatic carbocycles. The number of rotatable bonds is 6. The van der Waals surface area contributed by atoms with E-state index in [-0.39, 0.29) is 5.54 Å². The highest BCUT2D eigenvalue weighted by Gasteiger charge is 2.24. The highest BCUT2D eigenvalue weighted by molar-refractivity contribution is 4.94. The number of hydrogen-bond donors (Lipinski definition) is 1. The first kappa shape index (κ1) is 16.4. The zero-order chi connectivity index (χ0) is 15.5. The van der Waals surface area contributed by atoms with E-state index in [4.69, 9.17) is 0 Å². The van der Waals surface area contributed by atoms with Crippen LogP contribution in [0.15, 0.2) is 6.20 Å². The molecular weight excluding hydrogens is 262 g/mol. The van der Waals surface area contributed by atoms with Crippen LogP contribution in [0, 0.1) is 5.92 Å². The molecule has 1 atom stereocenters. The van der Waals surface area contributed by atoms with Gasteiger partial charge in [0.1, 0.15) is 0 Å². The SMILES string of the molecule is CC(C)C(CNCc1cn(C(C)(C)C)nn1)N1CCCC1. The molecule has 0 aromatic carbocycles. The van der Waals surface area contributed by atoms with Crippen LogP contribution in [0.4, 0.5) is 0 Å². The van der Waals surface area contributed by atoms with Crippen molar-refractivity contribution in [2.45, 2.75) is 65.6 Å². The van der Waals surface area contributed by atoms with E-state index in [0.29, 0.717) is 12.0 Å². The smallest absolute Gasteiger partial charge is 0.0965 e. The van der Waals surface area contributed by atoms with E-state index in [1.165, 1.54) is 25.9 Å². The van der Waals surface area contributed by atoms with Gasteiger partial charge in [0, 0.05) is 19.1 Å². The Balaban J connectivity index is 1.83. The molecule has 1 saturated heterocycles. The molecule has 2 rings (SSSR count). The van der Waals surface area contributed by atoms with Crippen LogP contribution in [-0.4, -0.2) is 45.6 Å². The summed E-state index contributed by atoms with van der Waals surface area (Å²) < 4.78 is 1.93. The highest BCUT2D eigenvalue weighted by atomic mass is 15.4. The Labute approximate surface area is 129 Å². The summed E-state index contributed by atoms with van der Waals surface area (Å²) in [6.45, 7) is 15.4. The second kappa shape index (κ2) is 6.88. The van der Waals surface area contributed by atoms with E-state index in [1.807, 2.05) is 10.9 Å². The zero-order valence-corrected chi connectivity index (χ0v) is 14.3. The molecule has 0 bridgehead atoms. The van der Waals surface area contributed by atoms with Crippen LogP contribution < -0.4 is 5.32 Å². The molecular formula is C16H31N5. The molecule has 5 heteroatoms. The van der Waals surface area contributed by atoms with Gasteiger partial charge in [-0.3, -0.25) is 4.90 Å². The summed E-state index contributed by atoms with van der Waals surface area (Å²) in [7, 11) is 0. The molecule has 0 saturated carbocycles. The van der Waals surface area contributed by atoms with Crippen molar-refractivity contribution in [1.82, 2.24) is 25.2 Å². The molecule has 1 N–H and O–H groups in total. The van der Waals surface area contributed by atoms with E-state index >= 15 is 0 Å². The van der Waals surface area contributed by atoms with Crippen molar-refractivity contribution in [2.24, 2.45) is 5.92 Å². The number of hydrogen-bond acceptors (Lipinski definition) is 4. The van der Waals surface area contributed by atoms with E-state index in [0.717, 1.165) is 18.8 Å². The standard InChI is InChI=1S/C16H31N5/c1-13(2)15(20-8-6-7-9-20)11-17-10-14-12-21(19-18-14)16(3,4)5/h12-13,15,17H,6-11H2,1-5H3. The minimum Gasteiger partial charge on any atom is -0.309 e. The lowest BCUT2D eigenvalue weighted by Crippen LogP contribution is -2.44. The predicted octanol–water partition coefficient (Wildman–Crippen LogP) is 2.24. The van der Waals surface area contributed by atoms with Crippen LogP contribution >= 0.6 is 0 Å². The summed E-state index contributed by atoms with van der Waals surface area (Å²) in [4.78, 5) is 2.63. The third kappa shape index (κ3) is 4.51. The third-order valence-corrected chi connectivity index (χ3v) is 4.27. The maximum Gasteiger partial charge on any atom is 0.0965 e. The third-order valence-electron chi connectivity index (χ3n) is 4.27. The Bertz CT molecular complexity index is 426. The molecule has 0 spiro atoms. The minimum atomic E-state index is 0.00126. The van der Waals surface area contributed by atoms with Crippen molar-refractivity contribution in [1.29, 1.82) is 0 Å². The van der Waals surface area contributed by atoms with Gasteiger partial charge in [-0.15, -0.1) is 5.10 Å². The Morgan fingerprint density at radius 3 is 2.43 bits per heavy atom. The van der Waals surface area contributed by atoms with Crippen LogP contribution in [0.1, 0.15) is 53.2 Å². The summed E-state index contributed by atoms with van der Waals surface area (Å²) >= 11 is 0. The number of likely N-dealkylation sites (tertiary alicyclic amines) is 1. The lowest BCUT2D eigenvalue weighted by Gasteiger charge is -2.31. The summed E-state index contributed by atoms with van der Waals surface area (Å²) in [6.07, 6.45) is 4.75. The Morgan fingerprint density at radius 2 is 1.90 bits per heavy atom. The molecule has 2 heterocycles. The summed E-state index contributed by atoms with van der Waals surface area (Å²) in [5.41, 5.74) is 1.02. The molecule has 0 amide bonds. The van der Waals surface area contributed by atoms with Gasteiger partial charge in [0.25, 0.3) is 0 Å². The van der Waals surface area contributed by atoms with Gasteiger partial charge >= 0.3 is 0 Å². The second-order valence-electron chi connectivity index (χ2n) is 7.51. The number of nitrogens with one attached hydrogen (secondary N) is 1. The van der Waals surface area contributed by atoms with Crippen molar-refractivity contribution in [3.05, 3.63) is 11.9 Å². The van der Waals surface area contributed by atoms with Crippen molar-refractivity contribution >= 4 is 0 Å².